The molecule has 0 spiro atoms. The highest BCUT2D eigenvalue weighted by atomic mass is 32.2. The summed E-state index contributed by atoms with van der Waals surface area (Å²) in [7, 11) is -6.12. The Morgan fingerprint density at radius 3 is 2.15 bits per heavy atom. The summed E-state index contributed by atoms with van der Waals surface area (Å²) in [6.07, 6.45) is 0.751. The SMILES string of the molecule is O=S(=O)(OCC(F)(F)c1ccc(CF)cn1)C(F)(F)F. The minimum atomic E-state index is -6.12. The number of hydrogen-bond donors (Lipinski definition) is 0. The summed E-state index contributed by atoms with van der Waals surface area (Å²) in [4.78, 5) is 3.14. The molecular weight excluding hydrogens is 316 g/mol. The maximum absolute atomic E-state index is 13.4. The van der Waals surface area contributed by atoms with E-state index in [1.807, 2.05) is 0 Å². The van der Waals surface area contributed by atoms with Crippen LogP contribution in [-0.2, 0) is 26.9 Å². The van der Waals surface area contributed by atoms with Crippen molar-refractivity contribution in [2.45, 2.75) is 18.1 Å². The summed E-state index contributed by atoms with van der Waals surface area (Å²) in [5.41, 5.74) is -6.85. The third-order valence-electron chi connectivity index (χ3n) is 2.03. The highest BCUT2D eigenvalue weighted by Crippen LogP contribution is 2.31. The molecule has 1 rings (SSSR count). The number of hydrogen-bond acceptors (Lipinski definition) is 4. The first-order chi connectivity index (χ1) is 8.99. The van der Waals surface area contributed by atoms with E-state index in [1.54, 1.807) is 0 Å². The van der Waals surface area contributed by atoms with Crippen LogP contribution in [0.15, 0.2) is 18.3 Å². The highest BCUT2D eigenvalue weighted by Gasteiger charge is 2.49. The second-order valence-electron chi connectivity index (χ2n) is 3.55. The van der Waals surface area contributed by atoms with E-state index in [4.69, 9.17) is 0 Å². The van der Waals surface area contributed by atoms with Crippen LogP contribution in [0.2, 0.25) is 0 Å². The summed E-state index contributed by atoms with van der Waals surface area (Å²) < 4.78 is 98.8. The Morgan fingerprint density at radius 2 is 1.75 bits per heavy atom. The third kappa shape index (κ3) is 3.82. The number of rotatable bonds is 5. The van der Waals surface area contributed by atoms with Crippen LogP contribution in [0.25, 0.3) is 0 Å². The van der Waals surface area contributed by atoms with Crippen LogP contribution in [0.5, 0.6) is 0 Å². The first-order valence-corrected chi connectivity index (χ1v) is 6.25. The molecule has 11 heteroatoms. The molecule has 0 N–H and O–H groups in total. The monoisotopic (exact) mass is 323 g/mol. The Labute approximate surface area is 109 Å². The predicted molar refractivity (Wildman–Crippen MR) is 53.9 cm³/mol. The summed E-state index contributed by atoms with van der Waals surface area (Å²) in [5.74, 6) is -4.08. The molecule has 114 valence electrons. The molecule has 0 unspecified atom stereocenters. The van der Waals surface area contributed by atoms with Crippen molar-refractivity contribution in [2.24, 2.45) is 0 Å². The van der Waals surface area contributed by atoms with E-state index in [-0.39, 0.29) is 5.56 Å². The van der Waals surface area contributed by atoms with Crippen LogP contribution in [-0.4, -0.2) is 25.5 Å². The molecule has 1 aromatic rings. The van der Waals surface area contributed by atoms with Crippen molar-refractivity contribution in [1.29, 1.82) is 0 Å². The Morgan fingerprint density at radius 1 is 1.15 bits per heavy atom. The van der Waals surface area contributed by atoms with Crippen LogP contribution >= 0.6 is 0 Å². The van der Waals surface area contributed by atoms with E-state index in [0.717, 1.165) is 12.3 Å². The zero-order chi connectivity index (χ0) is 15.6. The quantitative estimate of drug-likeness (QED) is 0.475. The first kappa shape index (κ1) is 16.7. The molecule has 0 saturated carbocycles. The Hall–Kier alpha value is -1.36. The van der Waals surface area contributed by atoms with Crippen LogP contribution in [0, 0.1) is 0 Å². The lowest BCUT2D eigenvalue weighted by Crippen LogP contribution is -2.31. The largest absolute Gasteiger partial charge is 0.523 e. The van der Waals surface area contributed by atoms with Crippen LogP contribution in [0.1, 0.15) is 11.3 Å². The fourth-order valence-corrected chi connectivity index (χ4v) is 1.45. The number of aromatic nitrogens is 1. The summed E-state index contributed by atoms with van der Waals surface area (Å²) in [6.45, 7) is -3.02. The van der Waals surface area contributed by atoms with Crippen molar-refractivity contribution >= 4 is 10.1 Å². The van der Waals surface area contributed by atoms with Gasteiger partial charge in [-0.05, 0) is 6.07 Å². The van der Waals surface area contributed by atoms with Crippen molar-refractivity contribution in [3.05, 3.63) is 29.6 Å². The van der Waals surface area contributed by atoms with Gasteiger partial charge in [-0.2, -0.15) is 30.4 Å². The van der Waals surface area contributed by atoms with E-state index >= 15 is 0 Å². The molecule has 1 aromatic heterocycles. The van der Waals surface area contributed by atoms with E-state index in [0.29, 0.717) is 6.07 Å². The summed E-state index contributed by atoms with van der Waals surface area (Å²) in [6, 6.07) is 1.60. The molecule has 0 aromatic carbocycles. The molecule has 0 aliphatic heterocycles. The number of halogens is 6. The second-order valence-corrected chi connectivity index (χ2v) is 5.16. The smallest absolute Gasteiger partial charge is 0.256 e. The summed E-state index contributed by atoms with van der Waals surface area (Å²) in [5, 5.41) is 0. The molecule has 0 bridgehead atoms. The molecule has 0 fully saturated rings. The Bertz CT molecular complexity index is 554. The minimum absolute atomic E-state index is 0.0200. The standard InChI is InChI=1S/C9H7F6NO3S/c10-3-6-1-2-7(16-4-6)8(11,12)5-19-20(17,18)9(13,14)15/h1-2,4H,3,5H2. The second kappa shape index (κ2) is 5.56. The minimum Gasteiger partial charge on any atom is -0.256 e. The van der Waals surface area contributed by atoms with Crippen molar-refractivity contribution < 1.29 is 38.9 Å². The van der Waals surface area contributed by atoms with Gasteiger partial charge < -0.3 is 0 Å². The molecule has 20 heavy (non-hydrogen) atoms. The maximum Gasteiger partial charge on any atom is 0.523 e. The average molecular weight is 323 g/mol. The van der Waals surface area contributed by atoms with Crippen molar-refractivity contribution in [2.75, 3.05) is 6.61 Å². The topological polar surface area (TPSA) is 56.3 Å². The third-order valence-corrected chi connectivity index (χ3v) is 3.03. The van der Waals surface area contributed by atoms with Gasteiger partial charge in [0.15, 0.2) is 0 Å². The van der Waals surface area contributed by atoms with Gasteiger partial charge in [0, 0.05) is 11.8 Å². The predicted octanol–water partition coefficient (Wildman–Crippen LogP) is 2.51. The zero-order valence-electron chi connectivity index (χ0n) is 9.49. The van der Waals surface area contributed by atoms with Crippen molar-refractivity contribution in [1.82, 2.24) is 4.98 Å². The van der Waals surface area contributed by atoms with Gasteiger partial charge in [0.05, 0.1) is 0 Å². The zero-order valence-corrected chi connectivity index (χ0v) is 10.3. The summed E-state index contributed by atoms with van der Waals surface area (Å²) >= 11 is 0. The molecule has 0 amide bonds. The van der Waals surface area contributed by atoms with Gasteiger partial charge in [-0.25, -0.2) is 4.39 Å². The molecule has 4 nitrogen and oxygen atoms in total. The van der Waals surface area contributed by atoms with Crippen molar-refractivity contribution in [3.8, 4) is 0 Å². The molecule has 1 heterocycles. The van der Waals surface area contributed by atoms with E-state index in [1.165, 1.54) is 0 Å². The molecule has 0 aliphatic rings. The molecular formula is C9H7F6NO3S. The van der Waals surface area contributed by atoms with Gasteiger partial charge in [0.25, 0.3) is 0 Å². The average Bonchev–Trinajstić information content (AvgIpc) is 2.35. The van der Waals surface area contributed by atoms with Gasteiger partial charge in [-0.3, -0.25) is 9.17 Å². The molecule has 0 radical (unpaired) electrons. The lowest BCUT2D eigenvalue weighted by atomic mass is 10.2. The van der Waals surface area contributed by atoms with Gasteiger partial charge in [-0.15, -0.1) is 0 Å². The van der Waals surface area contributed by atoms with Crippen LogP contribution < -0.4 is 0 Å². The van der Waals surface area contributed by atoms with E-state index < -0.39 is 40.5 Å². The number of pyridine rings is 1. The fourth-order valence-electron chi connectivity index (χ4n) is 1.01. The van der Waals surface area contributed by atoms with Crippen LogP contribution in [0.3, 0.4) is 0 Å². The van der Waals surface area contributed by atoms with Gasteiger partial charge in [0.1, 0.15) is 19.0 Å². The van der Waals surface area contributed by atoms with Crippen molar-refractivity contribution in [3.63, 3.8) is 0 Å². The Balaban J connectivity index is 2.84. The normalized spacial score (nSPS) is 13.5. The number of alkyl halides is 6. The highest BCUT2D eigenvalue weighted by molar-refractivity contribution is 7.87. The maximum atomic E-state index is 13.4. The van der Waals surface area contributed by atoms with Gasteiger partial charge >= 0.3 is 21.5 Å². The van der Waals surface area contributed by atoms with E-state index in [2.05, 4.69) is 9.17 Å². The number of nitrogens with zero attached hydrogens (tertiary/aromatic N) is 1. The van der Waals surface area contributed by atoms with E-state index in [9.17, 15) is 34.8 Å². The Kier molecular flexibility index (Phi) is 4.64. The van der Waals surface area contributed by atoms with Crippen LogP contribution in [0.4, 0.5) is 26.3 Å². The lowest BCUT2D eigenvalue weighted by Gasteiger charge is -2.16. The molecule has 0 aliphatic carbocycles. The molecule has 0 atom stereocenters. The first-order valence-electron chi connectivity index (χ1n) is 4.84. The fraction of sp³-hybridized carbons (Fsp3) is 0.444. The molecule has 0 saturated heterocycles. The van der Waals surface area contributed by atoms with Gasteiger partial charge in [-0.1, -0.05) is 6.07 Å². The lowest BCUT2D eigenvalue weighted by molar-refractivity contribution is -0.0762. The van der Waals surface area contributed by atoms with Gasteiger partial charge in [0.2, 0.25) is 0 Å².